The van der Waals surface area contributed by atoms with Gasteiger partial charge < -0.3 is 9.84 Å². The molecule has 1 unspecified atom stereocenters. The Bertz CT molecular complexity index is 1260. The summed E-state index contributed by atoms with van der Waals surface area (Å²) in [4.78, 5) is 27.6. The van der Waals surface area contributed by atoms with Crippen molar-refractivity contribution < 1.29 is 23.8 Å². The molecule has 34 heavy (non-hydrogen) atoms. The van der Waals surface area contributed by atoms with E-state index in [1.807, 2.05) is 26.8 Å². The molecule has 1 saturated heterocycles. The summed E-state index contributed by atoms with van der Waals surface area (Å²) in [6.07, 6.45) is 0. The number of anilines is 1. The summed E-state index contributed by atoms with van der Waals surface area (Å²) in [5.41, 5.74) is 1.63. The molecule has 0 saturated carbocycles. The molecular weight excluding hydrogens is 433 g/mol. The average molecular weight is 460 g/mol. The summed E-state index contributed by atoms with van der Waals surface area (Å²) >= 11 is 0. The second-order valence-corrected chi connectivity index (χ2v) is 8.76. The zero-order chi connectivity index (χ0) is 24.4. The van der Waals surface area contributed by atoms with E-state index in [0.29, 0.717) is 29.5 Å². The van der Waals surface area contributed by atoms with Crippen molar-refractivity contribution in [3.63, 3.8) is 0 Å². The first-order chi connectivity index (χ1) is 16.3. The quantitative estimate of drug-likeness (QED) is 0.288. The molecule has 1 aliphatic rings. The molecule has 1 N–H and O–H groups in total. The SMILES string of the molecule is Cc1cccc(N2C(=O)C(=O)/C(=C(/O)c3ccc(OCC(C)C)cc3)C2c2ccccc2F)c1. The second kappa shape index (κ2) is 9.51. The Labute approximate surface area is 198 Å². The number of amides is 1. The number of nitrogens with zero attached hydrogens (tertiary/aromatic N) is 1. The Kier molecular flexibility index (Phi) is 6.50. The molecule has 1 aliphatic heterocycles. The van der Waals surface area contributed by atoms with E-state index in [1.165, 1.54) is 23.1 Å². The van der Waals surface area contributed by atoms with Gasteiger partial charge >= 0.3 is 0 Å². The van der Waals surface area contributed by atoms with Gasteiger partial charge in [-0.2, -0.15) is 0 Å². The summed E-state index contributed by atoms with van der Waals surface area (Å²) in [5.74, 6) is -1.65. The van der Waals surface area contributed by atoms with Crippen LogP contribution in [0.25, 0.3) is 5.76 Å². The van der Waals surface area contributed by atoms with Crippen LogP contribution < -0.4 is 9.64 Å². The van der Waals surface area contributed by atoms with E-state index >= 15 is 0 Å². The highest BCUT2D eigenvalue weighted by Crippen LogP contribution is 2.43. The monoisotopic (exact) mass is 459 g/mol. The number of halogens is 1. The smallest absolute Gasteiger partial charge is 0.300 e. The highest BCUT2D eigenvalue weighted by molar-refractivity contribution is 6.51. The van der Waals surface area contributed by atoms with Crippen molar-refractivity contribution in [2.75, 3.05) is 11.5 Å². The minimum atomic E-state index is -1.11. The van der Waals surface area contributed by atoms with Crippen LogP contribution in [0.4, 0.5) is 10.1 Å². The van der Waals surface area contributed by atoms with E-state index in [2.05, 4.69) is 0 Å². The van der Waals surface area contributed by atoms with Crippen molar-refractivity contribution in [3.8, 4) is 5.75 Å². The fourth-order valence-electron chi connectivity index (χ4n) is 4.00. The third-order valence-corrected chi connectivity index (χ3v) is 5.64. The lowest BCUT2D eigenvalue weighted by Crippen LogP contribution is -2.29. The molecule has 0 bridgehead atoms. The van der Waals surface area contributed by atoms with E-state index in [1.54, 1.807) is 48.5 Å². The van der Waals surface area contributed by atoms with Crippen LogP contribution in [0.15, 0.2) is 78.4 Å². The van der Waals surface area contributed by atoms with Crippen LogP contribution in [0.3, 0.4) is 0 Å². The Balaban J connectivity index is 1.84. The van der Waals surface area contributed by atoms with Gasteiger partial charge in [-0.1, -0.05) is 44.2 Å². The number of carbonyl (C=O) groups is 2. The first-order valence-corrected chi connectivity index (χ1v) is 11.1. The number of benzene rings is 3. The molecule has 3 aromatic rings. The minimum Gasteiger partial charge on any atom is -0.507 e. The molecule has 0 aromatic heterocycles. The number of aryl methyl sites for hydroxylation is 1. The Morgan fingerprint density at radius 1 is 1.03 bits per heavy atom. The standard InChI is InChI=1S/C28H26FNO4/c1-17(2)16-34-21-13-11-19(12-14-21)26(31)24-25(22-9-4-5-10-23(22)29)30(28(33)27(24)32)20-8-6-7-18(3)15-20/h4-15,17,25,31H,16H2,1-3H3/b26-24+. The van der Waals surface area contributed by atoms with Crippen LogP contribution in [-0.2, 0) is 9.59 Å². The van der Waals surface area contributed by atoms with Crippen molar-refractivity contribution >= 4 is 23.1 Å². The van der Waals surface area contributed by atoms with Gasteiger partial charge in [0.1, 0.15) is 17.3 Å². The molecular formula is C28H26FNO4. The lowest BCUT2D eigenvalue weighted by atomic mass is 9.94. The number of aliphatic hydroxyl groups is 1. The van der Waals surface area contributed by atoms with Crippen LogP contribution in [0.2, 0.25) is 0 Å². The molecule has 0 spiro atoms. The van der Waals surface area contributed by atoms with Gasteiger partial charge in [-0.3, -0.25) is 14.5 Å². The molecule has 174 valence electrons. The largest absolute Gasteiger partial charge is 0.507 e. The molecule has 1 amide bonds. The lowest BCUT2D eigenvalue weighted by molar-refractivity contribution is -0.132. The number of hydrogen-bond donors (Lipinski definition) is 1. The summed E-state index contributed by atoms with van der Waals surface area (Å²) in [7, 11) is 0. The van der Waals surface area contributed by atoms with Crippen LogP contribution >= 0.6 is 0 Å². The van der Waals surface area contributed by atoms with Crippen molar-refractivity contribution in [1.82, 2.24) is 0 Å². The molecule has 1 heterocycles. The first kappa shape index (κ1) is 23.2. The maximum absolute atomic E-state index is 14.9. The van der Waals surface area contributed by atoms with Crippen molar-refractivity contribution in [2.24, 2.45) is 5.92 Å². The van der Waals surface area contributed by atoms with E-state index in [9.17, 15) is 19.1 Å². The van der Waals surface area contributed by atoms with Gasteiger partial charge in [0.05, 0.1) is 18.2 Å². The molecule has 5 nitrogen and oxygen atoms in total. The molecule has 0 aliphatic carbocycles. The predicted octanol–water partition coefficient (Wildman–Crippen LogP) is 5.80. The van der Waals surface area contributed by atoms with Gasteiger partial charge in [0.2, 0.25) is 0 Å². The zero-order valence-corrected chi connectivity index (χ0v) is 19.3. The van der Waals surface area contributed by atoms with Gasteiger partial charge in [0.15, 0.2) is 0 Å². The summed E-state index contributed by atoms with van der Waals surface area (Å²) < 4.78 is 20.6. The average Bonchev–Trinajstić information content (AvgIpc) is 3.08. The van der Waals surface area contributed by atoms with Crippen LogP contribution in [0, 0.1) is 18.7 Å². The van der Waals surface area contributed by atoms with Crippen molar-refractivity contribution in [3.05, 3.63) is 101 Å². The fraction of sp³-hybridized carbons (Fsp3) is 0.214. The summed E-state index contributed by atoms with van der Waals surface area (Å²) in [5, 5.41) is 11.2. The number of Topliss-reactive ketones (excluding diaryl/α,β-unsaturated/α-hetero) is 1. The maximum atomic E-state index is 14.9. The predicted molar refractivity (Wildman–Crippen MR) is 129 cm³/mol. The van der Waals surface area contributed by atoms with E-state index in [0.717, 1.165) is 5.56 Å². The third kappa shape index (κ3) is 4.44. The highest BCUT2D eigenvalue weighted by Gasteiger charge is 2.47. The lowest BCUT2D eigenvalue weighted by Gasteiger charge is -2.26. The zero-order valence-electron chi connectivity index (χ0n) is 19.3. The number of hydrogen-bond acceptors (Lipinski definition) is 4. The van der Waals surface area contributed by atoms with Gasteiger partial charge in [0.25, 0.3) is 11.7 Å². The van der Waals surface area contributed by atoms with Gasteiger partial charge in [0, 0.05) is 16.8 Å². The molecule has 3 aromatic carbocycles. The highest BCUT2D eigenvalue weighted by atomic mass is 19.1. The van der Waals surface area contributed by atoms with Gasteiger partial charge in [-0.15, -0.1) is 0 Å². The normalized spacial score (nSPS) is 17.4. The minimum absolute atomic E-state index is 0.127. The number of carbonyl (C=O) groups excluding carboxylic acids is 2. The van der Waals surface area contributed by atoms with E-state index < -0.39 is 23.5 Å². The van der Waals surface area contributed by atoms with Gasteiger partial charge in [-0.05, 0) is 60.9 Å². The molecule has 0 radical (unpaired) electrons. The van der Waals surface area contributed by atoms with Gasteiger partial charge in [-0.25, -0.2) is 4.39 Å². The fourth-order valence-corrected chi connectivity index (χ4v) is 4.00. The molecule has 4 rings (SSSR count). The third-order valence-electron chi connectivity index (χ3n) is 5.64. The number of rotatable bonds is 6. The molecule has 1 atom stereocenters. The van der Waals surface area contributed by atoms with Crippen molar-refractivity contribution in [2.45, 2.75) is 26.8 Å². The number of ketones is 1. The van der Waals surface area contributed by atoms with E-state index in [4.69, 9.17) is 4.74 Å². The Morgan fingerprint density at radius 2 is 1.74 bits per heavy atom. The molecule has 6 heteroatoms. The summed E-state index contributed by atoms with van der Waals surface area (Å²) in [6.45, 7) is 6.48. The van der Waals surface area contributed by atoms with E-state index in [-0.39, 0.29) is 16.9 Å². The maximum Gasteiger partial charge on any atom is 0.300 e. The van der Waals surface area contributed by atoms with Crippen LogP contribution in [0.5, 0.6) is 5.75 Å². The van der Waals surface area contributed by atoms with Crippen molar-refractivity contribution in [1.29, 1.82) is 0 Å². The number of aliphatic hydroxyl groups excluding tert-OH is 1. The van der Waals surface area contributed by atoms with Crippen LogP contribution in [0.1, 0.15) is 36.6 Å². The van der Waals surface area contributed by atoms with Crippen LogP contribution in [-0.4, -0.2) is 23.4 Å². The topological polar surface area (TPSA) is 66.8 Å². The summed E-state index contributed by atoms with van der Waals surface area (Å²) in [6, 6.07) is 18.5. The second-order valence-electron chi connectivity index (χ2n) is 8.76. The number of ether oxygens (including phenoxy) is 1. The first-order valence-electron chi connectivity index (χ1n) is 11.1. The Morgan fingerprint density at radius 3 is 2.38 bits per heavy atom. The molecule has 1 fully saturated rings. The Hall–Kier alpha value is -3.93.